The number of sulfone groups is 1. The van der Waals surface area contributed by atoms with Crippen LogP contribution in [0.25, 0.3) is 0 Å². The number of amides is 2. The minimum Gasteiger partial charge on any atom is -0.442 e. The van der Waals surface area contributed by atoms with Crippen molar-refractivity contribution in [3.8, 4) is 0 Å². The molecular formula is C23H29F2N3O5S. The van der Waals surface area contributed by atoms with E-state index in [0.29, 0.717) is 25.9 Å². The smallest absolute Gasteiger partial charge is 0.414 e. The summed E-state index contributed by atoms with van der Waals surface area (Å²) < 4.78 is 58.2. The van der Waals surface area contributed by atoms with Gasteiger partial charge in [-0.25, -0.2) is 22.0 Å². The monoisotopic (exact) mass is 497 g/mol. The molecule has 3 heterocycles. The Morgan fingerprint density at radius 2 is 1.71 bits per heavy atom. The molecule has 0 radical (unpaired) electrons. The van der Waals surface area contributed by atoms with E-state index in [9.17, 15) is 26.8 Å². The van der Waals surface area contributed by atoms with Gasteiger partial charge in [0.1, 0.15) is 11.8 Å². The number of hydrogen-bond acceptors (Lipinski definition) is 6. The van der Waals surface area contributed by atoms with Crippen molar-refractivity contribution < 1.29 is 31.5 Å². The Morgan fingerprint density at radius 1 is 1.06 bits per heavy atom. The molecule has 4 fully saturated rings. The summed E-state index contributed by atoms with van der Waals surface area (Å²) in [6, 6.07) is 2.28. The van der Waals surface area contributed by atoms with Crippen molar-refractivity contribution in [2.45, 2.75) is 38.2 Å². The van der Waals surface area contributed by atoms with Crippen LogP contribution in [-0.4, -0.2) is 64.2 Å². The van der Waals surface area contributed by atoms with Crippen LogP contribution in [0.1, 0.15) is 32.1 Å². The number of piperidine rings is 1. The number of nitrogens with one attached hydrogen (secondary N) is 1. The van der Waals surface area contributed by atoms with Gasteiger partial charge in [0.05, 0.1) is 30.3 Å². The first kappa shape index (κ1) is 23.3. The first-order chi connectivity index (χ1) is 16.2. The average molecular weight is 498 g/mol. The highest BCUT2D eigenvalue weighted by Gasteiger charge is 2.40. The van der Waals surface area contributed by atoms with Gasteiger partial charge < -0.3 is 15.0 Å². The number of nitrogens with zero attached hydrogens (tertiary/aromatic N) is 2. The lowest BCUT2D eigenvalue weighted by atomic mass is 9.85. The van der Waals surface area contributed by atoms with E-state index < -0.39 is 33.7 Å². The topological polar surface area (TPSA) is 96.0 Å². The third kappa shape index (κ3) is 4.58. The number of rotatable bonds is 6. The van der Waals surface area contributed by atoms with Crippen molar-refractivity contribution in [1.29, 1.82) is 0 Å². The second-order valence-corrected chi connectivity index (χ2v) is 12.1. The number of halogens is 2. The number of carbonyl (C=O) groups excluding carboxylic acids is 2. The van der Waals surface area contributed by atoms with Crippen LogP contribution < -0.4 is 15.1 Å². The highest BCUT2D eigenvalue weighted by molar-refractivity contribution is 7.92. The van der Waals surface area contributed by atoms with Gasteiger partial charge >= 0.3 is 6.09 Å². The number of benzene rings is 1. The molecule has 1 aromatic carbocycles. The summed E-state index contributed by atoms with van der Waals surface area (Å²) in [6.07, 6.45) is 2.87. The number of hydrogen-bond donors (Lipinski definition) is 1. The molecule has 1 saturated carbocycles. The Labute approximate surface area is 197 Å². The number of cyclic esters (lactones) is 1. The number of carbonyl (C=O) groups is 2. The lowest BCUT2D eigenvalue weighted by Crippen LogP contribution is -2.46. The van der Waals surface area contributed by atoms with Gasteiger partial charge in [-0.05, 0) is 37.5 Å². The van der Waals surface area contributed by atoms with Crippen molar-refractivity contribution in [1.82, 2.24) is 5.32 Å². The van der Waals surface area contributed by atoms with E-state index >= 15 is 0 Å². The molecule has 0 aromatic heterocycles. The molecule has 0 spiro atoms. The van der Waals surface area contributed by atoms with Gasteiger partial charge in [0, 0.05) is 31.1 Å². The Bertz CT molecular complexity index is 1050. The zero-order valence-corrected chi connectivity index (χ0v) is 19.7. The maximum Gasteiger partial charge on any atom is 0.414 e. The van der Waals surface area contributed by atoms with Gasteiger partial charge in [0.15, 0.2) is 21.5 Å². The molecule has 0 bridgehead atoms. The van der Waals surface area contributed by atoms with E-state index in [1.807, 2.05) is 0 Å². The molecule has 34 heavy (non-hydrogen) atoms. The van der Waals surface area contributed by atoms with Crippen LogP contribution in [-0.2, 0) is 19.4 Å². The quantitative estimate of drug-likeness (QED) is 0.649. The predicted octanol–water partition coefficient (Wildman–Crippen LogP) is 2.47. The highest BCUT2D eigenvalue weighted by Crippen LogP contribution is 2.37. The van der Waals surface area contributed by atoms with Crippen LogP contribution in [0.15, 0.2) is 12.1 Å². The fourth-order valence-electron chi connectivity index (χ4n) is 5.35. The molecule has 11 heteroatoms. The molecule has 1 aliphatic carbocycles. The van der Waals surface area contributed by atoms with Gasteiger partial charge in [-0.2, -0.15) is 0 Å². The van der Waals surface area contributed by atoms with Crippen LogP contribution in [0.4, 0.5) is 25.0 Å². The summed E-state index contributed by atoms with van der Waals surface area (Å²) in [7, 11) is -2.89. The number of ether oxygens (including phenoxy) is 1. The Hall–Kier alpha value is -2.43. The molecule has 8 nitrogen and oxygen atoms in total. The van der Waals surface area contributed by atoms with Gasteiger partial charge in [0.25, 0.3) is 0 Å². The highest BCUT2D eigenvalue weighted by atomic mass is 32.2. The molecule has 4 aliphatic rings. The molecule has 5 rings (SSSR count). The molecule has 1 unspecified atom stereocenters. The Balaban J connectivity index is 1.19. The second-order valence-electron chi connectivity index (χ2n) is 9.91. The summed E-state index contributed by atoms with van der Waals surface area (Å²) in [5.74, 6) is -0.703. The van der Waals surface area contributed by atoms with Crippen molar-refractivity contribution in [3.05, 3.63) is 23.8 Å². The van der Waals surface area contributed by atoms with Gasteiger partial charge in [-0.1, -0.05) is 6.42 Å². The van der Waals surface area contributed by atoms with Crippen LogP contribution in [0.5, 0.6) is 0 Å². The lowest BCUT2D eigenvalue weighted by Gasteiger charge is -2.40. The van der Waals surface area contributed by atoms with Gasteiger partial charge in [-0.3, -0.25) is 9.69 Å². The van der Waals surface area contributed by atoms with Gasteiger partial charge in [-0.15, -0.1) is 0 Å². The normalized spacial score (nSPS) is 25.6. The van der Waals surface area contributed by atoms with Gasteiger partial charge in [0.2, 0.25) is 5.91 Å². The van der Waals surface area contributed by atoms with E-state index in [-0.39, 0.29) is 59.6 Å². The molecule has 1 aromatic rings. The van der Waals surface area contributed by atoms with Crippen LogP contribution >= 0.6 is 0 Å². The minimum absolute atomic E-state index is 0.0239. The summed E-state index contributed by atoms with van der Waals surface area (Å²) >= 11 is 0. The van der Waals surface area contributed by atoms with Crippen molar-refractivity contribution in [3.63, 3.8) is 0 Å². The van der Waals surface area contributed by atoms with Crippen LogP contribution in [0.3, 0.4) is 0 Å². The van der Waals surface area contributed by atoms with Crippen LogP contribution in [0, 0.1) is 29.4 Å². The molecule has 3 aliphatic heterocycles. The van der Waals surface area contributed by atoms with Crippen LogP contribution in [0.2, 0.25) is 0 Å². The average Bonchev–Trinajstić information content (AvgIpc) is 3.10. The fourth-order valence-corrected chi connectivity index (χ4v) is 7.10. The Morgan fingerprint density at radius 3 is 2.26 bits per heavy atom. The Kier molecular flexibility index (Phi) is 6.16. The first-order valence-electron chi connectivity index (χ1n) is 11.9. The SMILES string of the molecule is O=C(NCC1CN(c2cc(F)c(N3CCC(C4CS(=O)(=O)C4)CC3)c(F)c2)C(=O)O1)C1CCC1. The molecule has 186 valence electrons. The lowest BCUT2D eigenvalue weighted by molar-refractivity contribution is -0.127. The molecule has 2 amide bonds. The summed E-state index contributed by atoms with van der Waals surface area (Å²) in [6.45, 7) is 1.15. The van der Waals surface area contributed by atoms with E-state index in [1.54, 1.807) is 4.90 Å². The second kappa shape index (κ2) is 8.98. The third-order valence-corrected chi connectivity index (χ3v) is 9.50. The maximum atomic E-state index is 15.0. The molecule has 1 atom stereocenters. The molecule has 1 N–H and O–H groups in total. The number of anilines is 2. The summed E-state index contributed by atoms with van der Waals surface area (Å²) in [5.41, 5.74) is -0.0496. The zero-order chi connectivity index (χ0) is 24.0. The standard InChI is InChI=1S/C23H29F2N3O5S/c24-19-8-17(28-11-18(33-23(28)30)10-26-22(29)15-2-1-3-15)9-20(25)21(19)27-6-4-14(5-7-27)16-12-34(31,32)13-16/h8-9,14-16,18H,1-7,10-13H2,(H,26,29). The van der Waals surface area contributed by atoms with Crippen molar-refractivity contribution in [2.24, 2.45) is 17.8 Å². The largest absolute Gasteiger partial charge is 0.442 e. The molecule has 3 saturated heterocycles. The van der Waals surface area contributed by atoms with E-state index in [0.717, 1.165) is 31.4 Å². The fraction of sp³-hybridized carbons (Fsp3) is 0.652. The molecular weight excluding hydrogens is 468 g/mol. The minimum atomic E-state index is -2.89. The van der Waals surface area contributed by atoms with E-state index in [4.69, 9.17) is 4.74 Å². The predicted molar refractivity (Wildman–Crippen MR) is 121 cm³/mol. The zero-order valence-electron chi connectivity index (χ0n) is 18.8. The van der Waals surface area contributed by atoms with E-state index in [1.165, 1.54) is 4.90 Å². The summed E-state index contributed by atoms with van der Waals surface area (Å²) in [5, 5.41) is 2.79. The van der Waals surface area contributed by atoms with Crippen molar-refractivity contribution in [2.75, 3.05) is 47.5 Å². The van der Waals surface area contributed by atoms with Crippen molar-refractivity contribution >= 4 is 33.2 Å². The van der Waals surface area contributed by atoms with E-state index in [2.05, 4.69) is 5.32 Å². The first-order valence-corrected chi connectivity index (χ1v) is 13.7. The maximum absolute atomic E-state index is 15.0. The summed E-state index contributed by atoms with van der Waals surface area (Å²) in [4.78, 5) is 27.1. The third-order valence-electron chi connectivity index (χ3n) is 7.63.